The van der Waals surface area contributed by atoms with Crippen LogP contribution in [0.1, 0.15) is 18.7 Å². The van der Waals surface area contributed by atoms with Gasteiger partial charge in [-0.05, 0) is 80.1 Å². The van der Waals surface area contributed by atoms with E-state index in [-0.39, 0.29) is 5.57 Å². The molecule has 1 N–H and O–H groups in total. The van der Waals surface area contributed by atoms with Gasteiger partial charge in [-0.25, -0.2) is 4.79 Å². The smallest absolute Gasteiger partial charge is 0.346 e. The number of nitriles is 1. The Labute approximate surface area is 219 Å². The molecule has 4 nitrogen and oxygen atoms in total. The lowest BCUT2D eigenvalue weighted by Gasteiger charge is -2.26. The molecule has 6 heteroatoms. The van der Waals surface area contributed by atoms with Crippen molar-refractivity contribution in [3.63, 3.8) is 0 Å². The van der Waals surface area contributed by atoms with E-state index in [4.69, 9.17) is 10.4 Å². The topological polar surface area (TPSA) is 64.3 Å². The van der Waals surface area contributed by atoms with Crippen LogP contribution in [0.2, 0.25) is 0 Å². The quantitative estimate of drug-likeness (QED) is 0.147. The molecule has 0 aliphatic rings. The number of rotatable bonds is 8. The molecule has 178 valence electrons. The van der Waals surface area contributed by atoms with Gasteiger partial charge in [0, 0.05) is 36.6 Å². The molecule has 0 saturated carbocycles. The fraction of sp³-hybridized carbons (Fsp3) is 0.0667. The molecule has 4 rings (SSSR count). The number of thiophene rings is 2. The fourth-order valence-electron chi connectivity index (χ4n) is 3.74. The Morgan fingerprint density at radius 3 is 2.14 bits per heavy atom. The zero-order valence-electron chi connectivity index (χ0n) is 19.9. The normalized spacial score (nSPS) is 12.0. The number of aliphatic carboxylic acids is 1. The molecular weight excluding hydrogens is 484 g/mol. The van der Waals surface area contributed by atoms with Crippen LogP contribution in [-0.4, -0.2) is 11.1 Å². The van der Waals surface area contributed by atoms with Crippen LogP contribution in [0.15, 0.2) is 108 Å². The molecule has 36 heavy (non-hydrogen) atoms. The van der Waals surface area contributed by atoms with Gasteiger partial charge < -0.3 is 10.0 Å². The largest absolute Gasteiger partial charge is 0.477 e. The van der Waals surface area contributed by atoms with Gasteiger partial charge in [0.2, 0.25) is 0 Å². The summed E-state index contributed by atoms with van der Waals surface area (Å²) in [6.45, 7) is 4.06. The SMILES string of the molecule is CC=CC(=CC)N(c1ccccc1)c1ccc(-c2ccc(-c3ccc(C=C(C#N)C(=O)O)s3)s2)cc1. The van der Waals surface area contributed by atoms with Crippen molar-refractivity contribution in [3.8, 4) is 26.3 Å². The second kappa shape index (κ2) is 11.5. The van der Waals surface area contributed by atoms with Gasteiger partial charge in [-0.2, -0.15) is 5.26 Å². The van der Waals surface area contributed by atoms with E-state index in [1.807, 2.05) is 50.3 Å². The van der Waals surface area contributed by atoms with Crippen molar-refractivity contribution in [1.29, 1.82) is 5.26 Å². The number of anilines is 2. The standard InChI is InChI=1S/C30H24N2O2S2/c1-3-8-23(4-2)32(24-9-6-5-7-10-24)25-13-11-21(12-14-25)27-17-18-29(36-27)28-16-15-26(35-28)19-22(20-31)30(33)34/h3-19H,1-2H3,(H,33,34). The first-order valence-electron chi connectivity index (χ1n) is 11.3. The number of carbonyl (C=O) groups is 1. The highest BCUT2D eigenvalue weighted by Crippen LogP contribution is 2.39. The molecule has 0 amide bonds. The molecule has 2 aromatic carbocycles. The van der Waals surface area contributed by atoms with Gasteiger partial charge in [-0.15, -0.1) is 22.7 Å². The van der Waals surface area contributed by atoms with E-state index in [1.54, 1.807) is 17.4 Å². The monoisotopic (exact) mass is 508 g/mol. The van der Waals surface area contributed by atoms with Gasteiger partial charge in [0.15, 0.2) is 0 Å². The van der Waals surface area contributed by atoms with Gasteiger partial charge in [0.25, 0.3) is 0 Å². The van der Waals surface area contributed by atoms with Crippen molar-refractivity contribution in [2.45, 2.75) is 13.8 Å². The Morgan fingerprint density at radius 2 is 1.50 bits per heavy atom. The predicted molar refractivity (Wildman–Crippen MR) is 151 cm³/mol. The summed E-state index contributed by atoms with van der Waals surface area (Å²) in [4.78, 5) is 17.4. The summed E-state index contributed by atoms with van der Waals surface area (Å²) in [6.07, 6.45) is 7.66. The maximum atomic E-state index is 11.1. The fourth-order valence-corrected chi connectivity index (χ4v) is 5.80. The maximum absolute atomic E-state index is 11.1. The van der Waals surface area contributed by atoms with Crippen LogP contribution in [0.25, 0.3) is 26.3 Å². The molecule has 0 radical (unpaired) electrons. The summed E-state index contributed by atoms with van der Waals surface area (Å²) in [5.41, 5.74) is 4.13. The van der Waals surface area contributed by atoms with Crippen molar-refractivity contribution < 1.29 is 9.90 Å². The van der Waals surface area contributed by atoms with Crippen molar-refractivity contribution in [1.82, 2.24) is 0 Å². The average molecular weight is 509 g/mol. The third kappa shape index (κ3) is 5.55. The van der Waals surface area contributed by atoms with E-state index in [9.17, 15) is 4.79 Å². The van der Waals surface area contributed by atoms with Gasteiger partial charge in [-0.1, -0.05) is 42.5 Å². The van der Waals surface area contributed by atoms with Crippen molar-refractivity contribution in [2.75, 3.05) is 4.90 Å². The molecule has 0 aliphatic heterocycles. The van der Waals surface area contributed by atoms with E-state index >= 15 is 0 Å². The van der Waals surface area contributed by atoms with Crippen LogP contribution < -0.4 is 4.90 Å². The van der Waals surface area contributed by atoms with Gasteiger partial charge >= 0.3 is 5.97 Å². The number of carboxylic acids is 1. The lowest BCUT2D eigenvalue weighted by Crippen LogP contribution is -2.14. The molecule has 2 aromatic heterocycles. The van der Waals surface area contributed by atoms with Crippen molar-refractivity contribution in [2.24, 2.45) is 0 Å². The average Bonchev–Trinajstić information content (AvgIpc) is 3.58. The first-order chi connectivity index (χ1) is 17.5. The van der Waals surface area contributed by atoms with Crippen LogP contribution in [0.4, 0.5) is 11.4 Å². The van der Waals surface area contributed by atoms with E-state index in [1.165, 1.54) is 17.4 Å². The van der Waals surface area contributed by atoms with Crippen molar-refractivity contribution in [3.05, 3.63) is 113 Å². The van der Waals surface area contributed by atoms with Crippen LogP contribution in [-0.2, 0) is 4.79 Å². The molecule has 0 unspecified atom stereocenters. The Morgan fingerprint density at radius 1 is 0.861 bits per heavy atom. The Balaban J connectivity index is 1.61. The molecule has 2 heterocycles. The second-order valence-corrected chi connectivity index (χ2v) is 9.97. The van der Waals surface area contributed by atoms with E-state index < -0.39 is 5.97 Å². The van der Waals surface area contributed by atoms with Crippen LogP contribution in [0, 0.1) is 11.3 Å². The number of carboxylic acid groups (broad SMARTS) is 1. The van der Waals surface area contributed by atoms with Gasteiger partial charge in [-0.3, -0.25) is 0 Å². The highest BCUT2D eigenvalue weighted by molar-refractivity contribution is 7.24. The summed E-state index contributed by atoms with van der Waals surface area (Å²) >= 11 is 3.16. The summed E-state index contributed by atoms with van der Waals surface area (Å²) < 4.78 is 0. The molecule has 0 spiro atoms. The minimum atomic E-state index is -1.22. The number of hydrogen-bond donors (Lipinski definition) is 1. The third-order valence-corrected chi connectivity index (χ3v) is 7.79. The molecule has 0 aliphatic carbocycles. The highest BCUT2D eigenvalue weighted by Gasteiger charge is 2.14. The van der Waals surface area contributed by atoms with Crippen LogP contribution in [0.5, 0.6) is 0 Å². The summed E-state index contributed by atoms with van der Waals surface area (Å²) in [5, 5.41) is 18.1. The highest BCUT2D eigenvalue weighted by atomic mass is 32.1. The second-order valence-electron chi connectivity index (χ2n) is 7.77. The first kappa shape index (κ1) is 24.9. The number of allylic oxidation sites excluding steroid dienone is 3. The molecule has 0 atom stereocenters. The third-order valence-electron chi connectivity index (χ3n) is 5.43. The summed E-state index contributed by atoms with van der Waals surface area (Å²) in [7, 11) is 0. The number of hydrogen-bond acceptors (Lipinski definition) is 5. The molecule has 0 fully saturated rings. The maximum Gasteiger partial charge on any atom is 0.346 e. The number of nitrogens with zero attached hydrogens (tertiary/aromatic N) is 2. The Kier molecular flexibility index (Phi) is 7.96. The number of para-hydroxylation sites is 1. The van der Waals surface area contributed by atoms with E-state index in [0.717, 1.165) is 42.1 Å². The molecular formula is C30H24N2O2S2. The lowest BCUT2D eigenvalue weighted by atomic mass is 10.1. The van der Waals surface area contributed by atoms with Crippen LogP contribution >= 0.6 is 22.7 Å². The van der Waals surface area contributed by atoms with Gasteiger partial charge in [0.05, 0.1) is 0 Å². The molecule has 0 bridgehead atoms. The summed E-state index contributed by atoms with van der Waals surface area (Å²) in [6, 6.07) is 28.6. The molecule has 4 aromatic rings. The van der Waals surface area contributed by atoms with Crippen LogP contribution in [0.3, 0.4) is 0 Å². The zero-order valence-corrected chi connectivity index (χ0v) is 21.5. The Hall–Kier alpha value is -4.18. The zero-order chi connectivity index (χ0) is 25.5. The minimum Gasteiger partial charge on any atom is -0.477 e. The molecule has 0 saturated heterocycles. The minimum absolute atomic E-state index is 0.268. The van der Waals surface area contributed by atoms with E-state index in [2.05, 4.69) is 65.6 Å². The van der Waals surface area contributed by atoms with Gasteiger partial charge in [0.1, 0.15) is 11.6 Å². The Bertz CT molecular complexity index is 1480. The predicted octanol–water partition coefficient (Wildman–Crippen LogP) is 8.75. The lowest BCUT2D eigenvalue weighted by molar-refractivity contribution is -0.132. The summed E-state index contributed by atoms with van der Waals surface area (Å²) in [5.74, 6) is -1.22. The first-order valence-corrected chi connectivity index (χ1v) is 13.0. The van der Waals surface area contributed by atoms with Crippen molar-refractivity contribution >= 4 is 46.1 Å². The van der Waals surface area contributed by atoms with E-state index in [0.29, 0.717) is 0 Å². The number of benzene rings is 2.